The van der Waals surface area contributed by atoms with Gasteiger partial charge in [0.25, 0.3) is 0 Å². The van der Waals surface area contributed by atoms with Crippen molar-refractivity contribution in [3.8, 4) is 11.4 Å². The molecule has 1 N–H and O–H groups in total. The van der Waals surface area contributed by atoms with Crippen molar-refractivity contribution in [2.24, 2.45) is 0 Å². The smallest absolute Gasteiger partial charge is 0.223 e. The summed E-state index contributed by atoms with van der Waals surface area (Å²) >= 11 is 0. The number of amides is 1. The normalized spacial score (nSPS) is 10.3. The standard InChI is InChI=1S/C12H14N4O2/c1-3-11(17)14-7-10-5-4-9(6-13-10)12-15-8(2)18-16-12/h4-6H,3,7H2,1-2H3,(H,14,17). The molecule has 0 aromatic carbocycles. The average Bonchev–Trinajstić information content (AvgIpc) is 2.83. The van der Waals surface area contributed by atoms with E-state index in [9.17, 15) is 4.79 Å². The van der Waals surface area contributed by atoms with E-state index in [0.29, 0.717) is 24.7 Å². The summed E-state index contributed by atoms with van der Waals surface area (Å²) in [5.74, 6) is 1.04. The molecule has 0 aliphatic heterocycles. The molecule has 0 unspecified atom stereocenters. The first-order valence-electron chi connectivity index (χ1n) is 5.71. The number of nitrogens with one attached hydrogen (secondary N) is 1. The highest BCUT2D eigenvalue weighted by atomic mass is 16.5. The summed E-state index contributed by atoms with van der Waals surface area (Å²) in [5, 5.41) is 6.57. The Bertz CT molecular complexity index is 533. The maximum absolute atomic E-state index is 11.1. The molecule has 0 atom stereocenters. The maximum Gasteiger partial charge on any atom is 0.223 e. The Kier molecular flexibility index (Phi) is 3.66. The lowest BCUT2D eigenvalue weighted by Crippen LogP contribution is -2.21. The van der Waals surface area contributed by atoms with Crippen LogP contribution in [0.1, 0.15) is 24.9 Å². The molecule has 2 aromatic rings. The van der Waals surface area contributed by atoms with Gasteiger partial charge in [0.05, 0.1) is 12.2 Å². The number of carbonyl (C=O) groups excluding carboxylic acids is 1. The minimum atomic E-state index is 0.00895. The van der Waals surface area contributed by atoms with Gasteiger partial charge in [-0.3, -0.25) is 9.78 Å². The molecule has 94 valence electrons. The van der Waals surface area contributed by atoms with E-state index in [1.54, 1.807) is 13.1 Å². The van der Waals surface area contributed by atoms with E-state index in [1.807, 2.05) is 19.1 Å². The molecule has 0 saturated heterocycles. The molecular formula is C12H14N4O2. The van der Waals surface area contributed by atoms with E-state index in [-0.39, 0.29) is 5.91 Å². The van der Waals surface area contributed by atoms with Crippen LogP contribution in [0.25, 0.3) is 11.4 Å². The van der Waals surface area contributed by atoms with Crippen molar-refractivity contribution in [1.82, 2.24) is 20.4 Å². The van der Waals surface area contributed by atoms with Crippen LogP contribution in [0.5, 0.6) is 0 Å². The highest BCUT2D eigenvalue weighted by molar-refractivity contribution is 5.75. The highest BCUT2D eigenvalue weighted by Crippen LogP contribution is 2.14. The third kappa shape index (κ3) is 2.91. The zero-order valence-electron chi connectivity index (χ0n) is 10.3. The van der Waals surface area contributed by atoms with Crippen LogP contribution in [0.2, 0.25) is 0 Å². The van der Waals surface area contributed by atoms with Gasteiger partial charge in [-0.25, -0.2) is 0 Å². The molecule has 2 aromatic heterocycles. The number of aromatic nitrogens is 3. The van der Waals surface area contributed by atoms with E-state index in [2.05, 4.69) is 20.4 Å². The maximum atomic E-state index is 11.1. The summed E-state index contributed by atoms with van der Waals surface area (Å²) in [6, 6.07) is 3.68. The number of hydrogen-bond donors (Lipinski definition) is 1. The van der Waals surface area contributed by atoms with E-state index in [1.165, 1.54) is 0 Å². The van der Waals surface area contributed by atoms with Crippen LogP contribution < -0.4 is 5.32 Å². The molecule has 0 bridgehead atoms. The second kappa shape index (κ2) is 5.39. The van der Waals surface area contributed by atoms with Gasteiger partial charge in [0.15, 0.2) is 0 Å². The van der Waals surface area contributed by atoms with Crippen molar-refractivity contribution < 1.29 is 9.32 Å². The number of aryl methyl sites for hydroxylation is 1. The SMILES string of the molecule is CCC(=O)NCc1ccc(-c2noc(C)n2)cn1. The second-order valence-electron chi connectivity index (χ2n) is 3.81. The Morgan fingerprint density at radius 2 is 2.28 bits per heavy atom. The van der Waals surface area contributed by atoms with Gasteiger partial charge in [0.1, 0.15) is 0 Å². The van der Waals surface area contributed by atoms with Gasteiger partial charge in [-0.2, -0.15) is 4.98 Å². The van der Waals surface area contributed by atoms with Crippen molar-refractivity contribution in [3.63, 3.8) is 0 Å². The van der Waals surface area contributed by atoms with Gasteiger partial charge < -0.3 is 9.84 Å². The molecule has 0 aliphatic carbocycles. The fourth-order valence-corrected chi connectivity index (χ4v) is 1.39. The lowest BCUT2D eigenvalue weighted by Gasteiger charge is -2.03. The monoisotopic (exact) mass is 246 g/mol. The lowest BCUT2D eigenvalue weighted by atomic mass is 10.2. The van der Waals surface area contributed by atoms with Crippen molar-refractivity contribution in [3.05, 3.63) is 29.9 Å². The van der Waals surface area contributed by atoms with E-state index >= 15 is 0 Å². The van der Waals surface area contributed by atoms with Gasteiger partial charge in [-0.05, 0) is 12.1 Å². The summed E-state index contributed by atoms with van der Waals surface area (Å²) in [4.78, 5) is 19.4. The Labute approximate surface area is 104 Å². The Morgan fingerprint density at radius 1 is 1.44 bits per heavy atom. The van der Waals surface area contributed by atoms with Crippen LogP contribution in [0.3, 0.4) is 0 Å². The first-order chi connectivity index (χ1) is 8.69. The number of carbonyl (C=O) groups is 1. The molecule has 2 rings (SSSR count). The summed E-state index contributed by atoms with van der Waals surface area (Å²) < 4.78 is 4.90. The molecule has 0 radical (unpaired) electrons. The topological polar surface area (TPSA) is 80.9 Å². The fraction of sp³-hybridized carbons (Fsp3) is 0.333. The minimum absolute atomic E-state index is 0.00895. The molecule has 0 fully saturated rings. The molecule has 6 nitrogen and oxygen atoms in total. The second-order valence-corrected chi connectivity index (χ2v) is 3.81. The first-order valence-corrected chi connectivity index (χ1v) is 5.71. The third-order valence-electron chi connectivity index (χ3n) is 2.40. The quantitative estimate of drug-likeness (QED) is 0.883. The molecule has 1 amide bonds. The van der Waals surface area contributed by atoms with E-state index < -0.39 is 0 Å². The number of rotatable bonds is 4. The molecular weight excluding hydrogens is 232 g/mol. The Morgan fingerprint density at radius 3 is 2.83 bits per heavy atom. The van der Waals surface area contributed by atoms with Crippen LogP contribution in [-0.4, -0.2) is 21.0 Å². The molecule has 0 spiro atoms. The first kappa shape index (κ1) is 12.2. The number of hydrogen-bond acceptors (Lipinski definition) is 5. The molecule has 2 heterocycles. The molecule has 6 heteroatoms. The Balaban J connectivity index is 2.03. The Hall–Kier alpha value is -2.24. The minimum Gasteiger partial charge on any atom is -0.350 e. The zero-order valence-corrected chi connectivity index (χ0v) is 10.3. The number of pyridine rings is 1. The predicted molar refractivity (Wildman–Crippen MR) is 64.4 cm³/mol. The van der Waals surface area contributed by atoms with E-state index in [4.69, 9.17) is 4.52 Å². The van der Waals surface area contributed by atoms with Crippen LogP contribution >= 0.6 is 0 Å². The van der Waals surface area contributed by atoms with Crippen LogP contribution in [0, 0.1) is 6.92 Å². The van der Waals surface area contributed by atoms with Gasteiger partial charge in [0, 0.05) is 25.1 Å². The van der Waals surface area contributed by atoms with Crippen molar-refractivity contribution >= 4 is 5.91 Å². The van der Waals surface area contributed by atoms with Gasteiger partial charge in [-0.1, -0.05) is 12.1 Å². The lowest BCUT2D eigenvalue weighted by molar-refractivity contribution is -0.120. The highest BCUT2D eigenvalue weighted by Gasteiger charge is 2.06. The average molecular weight is 246 g/mol. The van der Waals surface area contributed by atoms with Crippen LogP contribution in [0.15, 0.2) is 22.9 Å². The summed E-state index contributed by atoms with van der Waals surface area (Å²) in [5.41, 5.74) is 1.58. The largest absolute Gasteiger partial charge is 0.350 e. The summed E-state index contributed by atoms with van der Waals surface area (Å²) in [7, 11) is 0. The fourth-order valence-electron chi connectivity index (χ4n) is 1.39. The molecule has 0 aliphatic rings. The summed E-state index contributed by atoms with van der Waals surface area (Å²) in [6.07, 6.45) is 2.14. The van der Waals surface area contributed by atoms with Gasteiger partial charge in [0.2, 0.25) is 17.6 Å². The van der Waals surface area contributed by atoms with Crippen molar-refractivity contribution in [1.29, 1.82) is 0 Å². The van der Waals surface area contributed by atoms with Crippen molar-refractivity contribution in [2.75, 3.05) is 0 Å². The van der Waals surface area contributed by atoms with Gasteiger partial charge >= 0.3 is 0 Å². The number of nitrogens with zero attached hydrogens (tertiary/aromatic N) is 3. The zero-order chi connectivity index (χ0) is 13.0. The summed E-state index contributed by atoms with van der Waals surface area (Å²) in [6.45, 7) is 3.97. The third-order valence-corrected chi connectivity index (χ3v) is 2.40. The van der Waals surface area contributed by atoms with Crippen molar-refractivity contribution in [2.45, 2.75) is 26.8 Å². The van der Waals surface area contributed by atoms with Crippen LogP contribution in [0.4, 0.5) is 0 Å². The van der Waals surface area contributed by atoms with E-state index in [0.717, 1.165) is 11.3 Å². The molecule has 0 saturated carbocycles. The molecule has 18 heavy (non-hydrogen) atoms. The van der Waals surface area contributed by atoms with Crippen LogP contribution in [-0.2, 0) is 11.3 Å². The predicted octanol–water partition coefficient (Wildman–Crippen LogP) is 1.47. The van der Waals surface area contributed by atoms with Gasteiger partial charge in [-0.15, -0.1) is 0 Å².